The monoisotopic (exact) mass is 364 g/mol. The largest absolute Gasteiger partial charge is 0.451 e. The molecule has 27 heavy (non-hydrogen) atoms. The number of amides is 2. The second-order valence-electron chi connectivity index (χ2n) is 6.19. The molecule has 2 aromatic carbocycles. The van der Waals surface area contributed by atoms with Crippen molar-refractivity contribution in [2.75, 3.05) is 18.9 Å². The van der Waals surface area contributed by atoms with Crippen molar-refractivity contribution in [2.45, 2.75) is 13.3 Å². The molecule has 1 N–H and O–H groups in total. The fraction of sp³-hybridized carbons (Fsp3) is 0.190. The number of nitrogens with one attached hydrogen (secondary N) is 1. The van der Waals surface area contributed by atoms with Crippen LogP contribution in [0.4, 0.5) is 5.69 Å². The number of aryl methyl sites for hydroxylation is 1. The molecule has 1 heterocycles. The molecule has 0 radical (unpaired) electrons. The molecule has 0 saturated carbocycles. The SMILES string of the molecule is CCc1ccccc1NC(=O)CN(C)C(=O)c1cc(=O)c2ccccc2o1. The second kappa shape index (κ2) is 7.86. The van der Waals surface area contributed by atoms with Gasteiger partial charge in [0.15, 0.2) is 11.2 Å². The van der Waals surface area contributed by atoms with Gasteiger partial charge in [-0.05, 0) is 30.2 Å². The first-order valence-corrected chi connectivity index (χ1v) is 8.65. The number of likely N-dealkylation sites (N-methyl/N-ethyl adjacent to an activating group) is 1. The molecular weight excluding hydrogens is 344 g/mol. The van der Waals surface area contributed by atoms with Crippen molar-refractivity contribution in [3.63, 3.8) is 0 Å². The molecular formula is C21H20N2O4. The smallest absolute Gasteiger partial charge is 0.289 e. The number of hydrogen-bond donors (Lipinski definition) is 1. The molecule has 0 aliphatic heterocycles. The molecule has 0 aliphatic carbocycles. The van der Waals surface area contributed by atoms with Crippen molar-refractivity contribution in [3.8, 4) is 0 Å². The second-order valence-corrected chi connectivity index (χ2v) is 6.19. The van der Waals surface area contributed by atoms with E-state index in [0.29, 0.717) is 11.0 Å². The van der Waals surface area contributed by atoms with E-state index < -0.39 is 5.91 Å². The van der Waals surface area contributed by atoms with E-state index >= 15 is 0 Å². The van der Waals surface area contributed by atoms with Crippen LogP contribution in [0.3, 0.4) is 0 Å². The molecule has 2 amide bonds. The topological polar surface area (TPSA) is 79.6 Å². The lowest BCUT2D eigenvalue weighted by Gasteiger charge is -2.17. The predicted molar refractivity (Wildman–Crippen MR) is 104 cm³/mol. The van der Waals surface area contributed by atoms with Crippen molar-refractivity contribution in [3.05, 3.63) is 76.1 Å². The lowest BCUT2D eigenvalue weighted by molar-refractivity contribution is -0.116. The summed E-state index contributed by atoms with van der Waals surface area (Å²) < 4.78 is 5.54. The van der Waals surface area contributed by atoms with Gasteiger partial charge in [-0.1, -0.05) is 37.3 Å². The summed E-state index contributed by atoms with van der Waals surface area (Å²) >= 11 is 0. The highest BCUT2D eigenvalue weighted by Gasteiger charge is 2.19. The van der Waals surface area contributed by atoms with Crippen LogP contribution in [0.2, 0.25) is 0 Å². The molecule has 6 nitrogen and oxygen atoms in total. The van der Waals surface area contributed by atoms with Crippen molar-refractivity contribution in [1.82, 2.24) is 4.90 Å². The number of hydrogen-bond acceptors (Lipinski definition) is 4. The molecule has 0 aliphatic rings. The minimum atomic E-state index is -0.531. The number of carbonyl (C=O) groups excluding carboxylic acids is 2. The van der Waals surface area contributed by atoms with Crippen LogP contribution in [0.5, 0.6) is 0 Å². The average molecular weight is 364 g/mol. The number of carbonyl (C=O) groups is 2. The van der Waals surface area contributed by atoms with Gasteiger partial charge in [-0.3, -0.25) is 14.4 Å². The summed E-state index contributed by atoms with van der Waals surface area (Å²) in [4.78, 5) is 38.2. The molecule has 138 valence electrons. The van der Waals surface area contributed by atoms with E-state index in [2.05, 4.69) is 5.32 Å². The van der Waals surface area contributed by atoms with Gasteiger partial charge >= 0.3 is 0 Å². The zero-order chi connectivity index (χ0) is 19.4. The third-order valence-corrected chi connectivity index (χ3v) is 4.25. The number of rotatable bonds is 5. The molecule has 0 unspecified atom stereocenters. The molecule has 3 aromatic rings. The first-order valence-electron chi connectivity index (χ1n) is 8.65. The van der Waals surface area contributed by atoms with E-state index in [9.17, 15) is 14.4 Å². The van der Waals surface area contributed by atoms with Crippen LogP contribution in [0.1, 0.15) is 23.0 Å². The Bertz CT molecular complexity index is 1060. The minimum Gasteiger partial charge on any atom is -0.451 e. The Morgan fingerprint density at radius 2 is 1.78 bits per heavy atom. The summed E-state index contributed by atoms with van der Waals surface area (Å²) in [5.41, 5.74) is 1.78. The van der Waals surface area contributed by atoms with Crippen LogP contribution in [0, 0.1) is 0 Å². The van der Waals surface area contributed by atoms with E-state index in [0.717, 1.165) is 23.7 Å². The number of anilines is 1. The third-order valence-electron chi connectivity index (χ3n) is 4.25. The van der Waals surface area contributed by atoms with Gasteiger partial charge in [0.2, 0.25) is 5.91 Å². The van der Waals surface area contributed by atoms with Crippen molar-refractivity contribution < 1.29 is 14.0 Å². The number of fused-ring (bicyclic) bond motifs is 1. The summed E-state index contributed by atoms with van der Waals surface area (Å²) in [5.74, 6) is -0.949. The van der Waals surface area contributed by atoms with Crippen molar-refractivity contribution in [2.24, 2.45) is 0 Å². The summed E-state index contributed by atoms with van der Waals surface area (Å²) in [6.07, 6.45) is 0.785. The van der Waals surface area contributed by atoms with Crippen molar-refractivity contribution in [1.29, 1.82) is 0 Å². The summed E-state index contributed by atoms with van der Waals surface area (Å²) in [6, 6.07) is 15.4. The van der Waals surface area contributed by atoms with E-state index in [1.807, 2.05) is 31.2 Å². The molecule has 6 heteroatoms. The Kier molecular flexibility index (Phi) is 5.35. The zero-order valence-electron chi connectivity index (χ0n) is 15.2. The van der Waals surface area contributed by atoms with Gasteiger partial charge in [0.05, 0.1) is 11.9 Å². The van der Waals surface area contributed by atoms with Gasteiger partial charge in [0.1, 0.15) is 5.58 Å². The quantitative estimate of drug-likeness (QED) is 0.755. The van der Waals surface area contributed by atoms with E-state index in [-0.39, 0.29) is 23.6 Å². The van der Waals surface area contributed by atoms with E-state index in [4.69, 9.17) is 4.42 Å². The maximum absolute atomic E-state index is 12.6. The van der Waals surface area contributed by atoms with Gasteiger partial charge in [-0.25, -0.2) is 0 Å². The fourth-order valence-electron chi connectivity index (χ4n) is 2.82. The summed E-state index contributed by atoms with van der Waals surface area (Å²) in [6.45, 7) is 1.84. The molecule has 3 rings (SSSR count). The standard InChI is InChI=1S/C21H20N2O4/c1-3-14-8-4-6-10-16(14)22-20(25)13-23(2)21(26)19-12-17(24)15-9-5-7-11-18(15)27-19/h4-12H,3,13H2,1-2H3,(H,22,25). The van der Waals surface area contributed by atoms with Crippen LogP contribution < -0.4 is 10.7 Å². The fourth-order valence-corrected chi connectivity index (χ4v) is 2.82. The molecule has 0 saturated heterocycles. The lowest BCUT2D eigenvalue weighted by atomic mass is 10.1. The molecule has 0 atom stereocenters. The maximum Gasteiger partial charge on any atom is 0.289 e. The van der Waals surface area contributed by atoms with Crippen LogP contribution in [0.25, 0.3) is 11.0 Å². The Morgan fingerprint density at radius 3 is 2.56 bits per heavy atom. The van der Waals surface area contributed by atoms with E-state index in [1.54, 1.807) is 24.3 Å². The predicted octanol–water partition coefficient (Wildman–Crippen LogP) is 3.07. The summed E-state index contributed by atoms with van der Waals surface area (Å²) in [7, 11) is 1.49. The van der Waals surface area contributed by atoms with Gasteiger partial charge < -0.3 is 14.6 Å². The number of nitrogens with zero attached hydrogens (tertiary/aromatic N) is 1. The maximum atomic E-state index is 12.6. The van der Waals surface area contributed by atoms with Gasteiger partial charge in [0.25, 0.3) is 5.91 Å². The lowest BCUT2D eigenvalue weighted by Crippen LogP contribution is -2.35. The molecule has 0 bridgehead atoms. The highest BCUT2D eigenvalue weighted by Crippen LogP contribution is 2.16. The normalized spacial score (nSPS) is 10.6. The molecule has 1 aromatic heterocycles. The van der Waals surface area contributed by atoms with Crippen LogP contribution in [-0.4, -0.2) is 30.3 Å². The number of benzene rings is 2. The number of para-hydroxylation sites is 2. The van der Waals surface area contributed by atoms with Gasteiger partial charge in [0, 0.05) is 18.8 Å². The zero-order valence-corrected chi connectivity index (χ0v) is 15.2. The van der Waals surface area contributed by atoms with Gasteiger partial charge in [-0.2, -0.15) is 0 Å². The molecule has 0 spiro atoms. The minimum absolute atomic E-state index is 0.0945. The highest BCUT2D eigenvalue weighted by atomic mass is 16.3. The van der Waals surface area contributed by atoms with E-state index in [1.165, 1.54) is 11.9 Å². The Hall–Kier alpha value is -3.41. The Balaban J connectivity index is 1.74. The van der Waals surface area contributed by atoms with Crippen molar-refractivity contribution >= 4 is 28.5 Å². The Labute approximate surface area is 156 Å². The Morgan fingerprint density at radius 1 is 1.07 bits per heavy atom. The van der Waals surface area contributed by atoms with Crippen LogP contribution in [-0.2, 0) is 11.2 Å². The van der Waals surface area contributed by atoms with Gasteiger partial charge in [-0.15, -0.1) is 0 Å². The van der Waals surface area contributed by atoms with Crippen LogP contribution in [0.15, 0.2) is 63.8 Å². The first kappa shape index (κ1) is 18.4. The highest BCUT2D eigenvalue weighted by molar-refractivity contribution is 5.98. The molecule has 0 fully saturated rings. The van der Waals surface area contributed by atoms with Crippen LogP contribution >= 0.6 is 0 Å². The summed E-state index contributed by atoms with van der Waals surface area (Å²) in [5, 5.41) is 3.22. The first-order chi connectivity index (χ1) is 13.0. The third kappa shape index (κ3) is 4.06. The average Bonchev–Trinajstić information content (AvgIpc) is 2.67.